The zero-order valence-corrected chi connectivity index (χ0v) is 20.9. The van der Waals surface area contributed by atoms with Gasteiger partial charge in [-0.3, -0.25) is 4.79 Å². The first-order valence-electron chi connectivity index (χ1n) is 13.2. The molecule has 34 heavy (non-hydrogen) atoms. The van der Waals surface area contributed by atoms with Crippen LogP contribution in [0.3, 0.4) is 0 Å². The van der Waals surface area contributed by atoms with E-state index in [1.165, 1.54) is 70.6 Å². The van der Waals surface area contributed by atoms with Crippen molar-refractivity contribution in [1.82, 2.24) is 0 Å². The molecule has 0 bridgehead atoms. The summed E-state index contributed by atoms with van der Waals surface area (Å²) in [4.78, 5) is 11.8. The fourth-order valence-electron chi connectivity index (χ4n) is 3.95. The predicted octanol–water partition coefficient (Wildman–Crippen LogP) is 2.54. The number of unbranched alkanes of at least 4 members (excludes halogenated alkanes) is 13. The van der Waals surface area contributed by atoms with Crippen molar-refractivity contribution in [2.24, 2.45) is 0 Å². The van der Waals surface area contributed by atoms with E-state index in [0.717, 1.165) is 19.3 Å². The number of ether oxygens (including phenoxy) is 3. The Morgan fingerprint density at radius 2 is 1.24 bits per heavy atom. The van der Waals surface area contributed by atoms with Crippen molar-refractivity contribution in [3.63, 3.8) is 0 Å². The first-order chi connectivity index (χ1) is 16.4. The second-order valence-electron chi connectivity index (χ2n) is 9.38. The number of rotatable bonds is 20. The van der Waals surface area contributed by atoms with Crippen LogP contribution in [0.25, 0.3) is 0 Å². The molecule has 1 saturated heterocycles. The van der Waals surface area contributed by atoms with Gasteiger partial charge in [-0.15, -0.1) is 0 Å². The number of aliphatic hydroxyl groups is 5. The lowest BCUT2D eigenvalue weighted by atomic mass is 10.0. The van der Waals surface area contributed by atoms with Crippen LogP contribution < -0.4 is 0 Å². The minimum atomic E-state index is -1.72. The van der Waals surface area contributed by atoms with Gasteiger partial charge in [0.15, 0.2) is 12.6 Å². The molecular weight excluding hydrogens is 444 g/mol. The van der Waals surface area contributed by atoms with Crippen molar-refractivity contribution < 1.29 is 44.5 Å². The quantitative estimate of drug-likeness (QED) is 0.128. The van der Waals surface area contributed by atoms with Gasteiger partial charge in [-0.05, 0) is 6.42 Å². The van der Waals surface area contributed by atoms with Gasteiger partial charge in [0.25, 0.3) is 0 Å². The lowest BCUT2D eigenvalue weighted by Gasteiger charge is -2.38. The Labute approximate surface area is 204 Å². The van der Waals surface area contributed by atoms with Crippen LogP contribution in [0.2, 0.25) is 0 Å². The smallest absolute Gasteiger partial charge is 0.305 e. The van der Waals surface area contributed by atoms with Crippen LogP contribution in [0.5, 0.6) is 0 Å². The molecular formula is C25H48O9. The molecule has 1 fully saturated rings. The van der Waals surface area contributed by atoms with Crippen molar-refractivity contribution in [1.29, 1.82) is 0 Å². The summed E-state index contributed by atoms with van der Waals surface area (Å²) in [5.74, 6) is -0.388. The van der Waals surface area contributed by atoms with Crippen LogP contribution in [-0.4, -0.2) is 81.7 Å². The largest absolute Gasteiger partial charge is 0.463 e. The number of hydrogen-bond acceptors (Lipinski definition) is 9. The average molecular weight is 493 g/mol. The summed E-state index contributed by atoms with van der Waals surface area (Å²) in [6.45, 7) is 1.63. The minimum Gasteiger partial charge on any atom is -0.463 e. The van der Waals surface area contributed by atoms with E-state index in [2.05, 4.69) is 6.92 Å². The van der Waals surface area contributed by atoms with Crippen LogP contribution in [0.15, 0.2) is 0 Å². The monoisotopic (exact) mass is 492 g/mol. The van der Waals surface area contributed by atoms with Gasteiger partial charge in [-0.1, -0.05) is 90.4 Å². The van der Waals surface area contributed by atoms with E-state index in [1.807, 2.05) is 0 Å². The molecule has 5 unspecified atom stereocenters. The van der Waals surface area contributed by atoms with Gasteiger partial charge >= 0.3 is 5.97 Å². The molecule has 0 aromatic carbocycles. The lowest BCUT2D eigenvalue weighted by Crippen LogP contribution is -2.58. The van der Waals surface area contributed by atoms with E-state index >= 15 is 0 Å². The summed E-state index contributed by atoms with van der Waals surface area (Å²) in [5, 5.41) is 48.1. The highest BCUT2D eigenvalue weighted by atomic mass is 16.7. The summed E-state index contributed by atoms with van der Waals surface area (Å²) >= 11 is 0. The highest BCUT2D eigenvalue weighted by Crippen LogP contribution is 2.21. The Kier molecular flexibility index (Phi) is 17.8. The van der Waals surface area contributed by atoms with Crippen molar-refractivity contribution in [2.45, 2.75) is 140 Å². The lowest BCUT2D eigenvalue weighted by molar-refractivity contribution is -0.342. The Hall–Kier alpha value is -0.810. The highest BCUT2D eigenvalue weighted by molar-refractivity contribution is 5.69. The zero-order valence-electron chi connectivity index (χ0n) is 20.9. The topological polar surface area (TPSA) is 146 Å². The van der Waals surface area contributed by atoms with Crippen LogP contribution in [-0.2, 0) is 19.0 Å². The Morgan fingerprint density at radius 1 is 0.735 bits per heavy atom. The molecule has 5 N–H and O–H groups in total. The second kappa shape index (κ2) is 19.4. The molecule has 0 aromatic rings. The average Bonchev–Trinajstić information content (AvgIpc) is 2.83. The summed E-state index contributed by atoms with van der Waals surface area (Å²) in [6.07, 6.45) is 8.50. The fourth-order valence-corrected chi connectivity index (χ4v) is 3.95. The van der Waals surface area contributed by atoms with Crippen molar-refractivity contribution in [3.8, 4) is 0 Å². The zero-order chi connectivity index (χ0) is 25.2. The highest BCUT2D eigenvalue weighted by Gasteiger charge is 2.43. The number of aliphatic hydroxyl groups excluding tert-OH is 5. The van der Waals surface area contributed by atoms with E-state index in [0.29, 0.717) is 6.42 Å². The van der Waals surface area contributed by atoms with Gasteiger partial charge in [0.2, 0.25) is 0 Å². The third-order valence-corrected chi connectivity index (χ3v) is 6.17. The van der Waals surface area contributed by atoms with E-state index < -0.39 is 37.0 Å². The standard InChI is InChI=1S/C25H48O9/c1-2-3-4-5-6-7-8-9-10-11-12-13-14-15-16-20(27)32-17-19(26)18-33-25-23(30)21(28)22(29)24(31)34-25/h19,21-26,28-31H,2-18H2,1H3/t19-,21?,22?,23?,24?,25?/m1/s1. The van der Waals surface area contributed by atoms with Crippen LogP contribution in [0.1, 0.15) is 103 Å². The van der Waals surface area contributed by atoms with E-state index in [1.54, 1.807) is 0 Å². The number of carbonyl (C=O) groups is 1. The third kappa shape index (κ3) is 13.9. The molecule has 202 valence electrons. The molecule has 1 heterocycles. The molecule has 0 aliphatic carbocycles. The summed E-state index contributed by atoms with van der Waals surface area (Å²) < 4.78 is 15.0. The molecule has 6 atom stereocenters. The van der Waals surface area contributed by atoms with Gasteiger partial charge in [0, 0.05) is 6.42 Å². The Balaban J connectivity index is 1.93. The minimum absolute atomic E-state index is 0.270. The van der Waals surface area contributed by atoms with Crippen molar-refractivity contribution in [2.75, 3.05) is 13.2 Å². The maximum atomic E-state index is 11.8. The van der Waals surface area contributed by atoms with Gasteiger partial charge in [0.05, 0.1) is 6.61 Å². The van der Waals surface area contributed by atoms with E-state index in [-0.39, 0.29) is 19.2 Å². The maximum Gasteiger partial charge on any atom is 0.305 e. The van der Waals surface area contributed by atoms with Gasteiger partial charge in [-0.2, -0.15) is 0 Å². The van der Waals surface area contributed by atoms with Crippen LogP contribution >= 0.6 is 0 Å². The molecule has 1 rings (SSSR count). The van der Waals surface area contributed by atoms with Crippen LogP contribution in [0.4, 0.5) is 0 Å². The van der Waals surface area contributed by atoms with E-state index in [9.17, 15) is 30.3 Å². The fraction of sp³-hybridized carbons (Fsp3) is 0.960. The number of esters is 1. The van der Waals surface area contributed by atoms with E-state index in [4.69, 9.17) is 14.2 Å². The Morgan fingerprint density at radius 3 is 1.76 bits per heavy atom. The summed E-state index contributed by atoms with van der Waals surface area (Å²) in [7, 11) is 0. The Bertz CT molecular complexity index is 505. The number of hydrogen-bond donors (Lipinski definition) is 5. The molecule has 0 spiro atoms. The molecule has 9 heteroatoms. The summed E-state index contributed by atoms with van der Waals surface area (Å²) in [6, 6.07) is 0. The molecule has 9 nitrogen and oxygen atoms in total. The molecule has 1 aliphatic heterocycles. The van der Waals surface area contributed by atoms with Gasteiger partial charge in [0.1, 0.15) is 31.0 Å². The molecule has 0 radical (unpaired) electrons. The first kappa shape index (κ1) is 31.2. The second-order valence-corrected chi connectivity index (χ2v) is 9.38. The van der Waals surface area contributed by atoms with Gasteiger partial charge < -0.3 is 39.7 Å². The molecule has 1 aliphatic rings. The maximum absolute atomic E-state index is 11.8. The number of carbonyl (C=O) groups excluding carboxylic acids is 1. The summed E-state index contributed by atoms with van der Waals surface area (Å²) in [5.41, 5.74) is 0. The van der Waals surface area contributed by atoms with Crippen molar-refractivity contribution >= 4 is 5.97 Å². The molecule has 0 amide bonds. The van der Waals surface area contributed by atoms with Gasteiger partial charge in [-0.25, -0.2) is 0 Å². The SMILES string of the molecule is CCCCCCCCCCCCCCCCC(=O)OC[C@@H](O)COC1OC(O)C(O)C(O)C1O. The molecule has 0 aromatic heterocycles. The van der Waals surface area contributed by atoms with Crippen LogP contribution in [0, 0.1) is 0 Å². The predicted molar refractivity (Wildman–Crippen MR) is 127 cm³/mol. The first-order valence-corrected chi connectivity index (χ1v) is 13.2. The normalized spacial score (nSPS) is 25.9. The molecule has 0 saturated carbocycles. The van der Waals surface area contributed by atoms with Crippen molar-refractivity contribution in [3.05, 3.63) is 0 Å². The third-order valence-electron chi connectivity index (χ3n) is 6.17.